The van der Waals surface area contributed by atoms with Crippen molar-refractivity contribution in [3.63, 3.8) is 0 Å². The van der Waals surface area contributed by atoms with Crippen molar-refractivity contribution in [2.45, 2.75) is 31.2 Å². The molecule has 1 aliphatic rings. The van der Waals surface area contributed by atoms with E-state index in [0.29, 0.717) is 31.5 Å². The molecule has 9 heteroatoms. The minimum absolute atomic E-state index is 0.0661. The van der Waals surface area contributed by atoms with Gasteiger partial charge in [0, 0.05) is 32.1 Å². The molecule has 0 spiro atoms. The van der Waals surface area contributed by atoms with E-state index in [1.807, 2.05) is 6.92 Å². The summed E-state index contributed by atoms with van der Waals surface area (Å²) in [5.41, 5.74) is 0.707. The van der Waals surface area contributed by atoms with Crippen LogP contribution in [0.2, 0.25) is 5.02 Å². The zero-order chi connectivity index (χ0) is 21.9. The molecule has 1 saturated heterocycles. The summed E-state index contributed by atoms with van der Waals surface area (Å²) < 4.78 is 53.7. The molecule has 1 heterocycles. The van der Waals surface area contributed by atoms with Gasteiger partial charge in [-0.25, -0.2) is 17.2 Å². The number of nitrogens with zero attached hydrogens (tertiary/aromatic N) is 2. The molecule has 0 unspecified atom stereocenters. The topological polar surface area (TPSA) is 57.7 Å². The van der Waals surface area contributed by atoms with Crippen LogP contribution in [-0.2, 0) is 21.4 Å². The van der Waals surface area contributed by atoms with E-state index in [9.17, 15) is 22.0 Å². The van der Waals surface area contributed by atoms with Gasteiger partial charge in [0.1, 0.15) is 11.6 Å². The number of piperidine rings is 1. The number of hydrogen-bond acceptors (Lipinski definition) is 3. The van der Waals surface area contributed by atoms with E-state index in [4.69, 9.17) is 11.6 Å². The zero-order valence-corrected chi connectivity index (χ0v) is 18.1. The summed E-state index contributed by atoms with van der Waals surface area (Å²) in [7, 11) is -3.81. The number of rotatable bonds is 6. The molecule has 30 heavy (non-hydrogen) atoms. The smallest absolute Gasteiger partial charge is 0.243 e. The van der Waals surface area contributed by atoms with E-state index in [0.717, 1.165) is 12.1 Å². The maximum absolute atomic E-state index is 13.4. The van der Waals surface area contributed by atoms with Gasteiger partial charge in [0.15, 0.2) is 0 Å². The average molecular weight is 457 g/mol. The van der Waals surface area contributed by atoms with Gasteiger partial charge in [0.25, 0.3) is 0 Å². The first-order valence-corrected chi connectivity index (χ1v) is 11.5. The van der Waals surface area contributed by atoms with Gasteiger partial charge in [0.2, 0.25) is 15.9 Å². The van der Waals surface area contributed by atoms with Crippen molar-refractivity contribution in [3.8, 4) is 0 Å². The summed E-state index contributed by atoms with van der Waals surface area (Å²) in [4.78, 5) is 14.5. The number of hydrogen-bond donors (Lipinski definition) is 0. The maximum atomic E-state index is 13.4. The highest BCUT2D eigenvalue weighted by molar-refractivity contribution is 7.89. The molecule has 0 atom stereocenters. The van der Waals surface area contributed by atoms with Crippen LogP contribution in [0.15, 0.2) is 47.4 Å². The highest BCUT2D eigenvalue weighted by Gasteiger charge is 2.33. The summed E-state index contributed by atoms with van der Waals surface area (Å²) in [6.07, 6.45) is 0.763. The lowest BCUT2D eigenvalue weighted by molar-refractivity contribution is -0.137. The van der Waals surface area contributed by atoms with Crippen LogP contribution in [0.3, 0.4) is 0 Å². The van der Waals surface area contributed by atoms with Crippen molar-refractivity contribution in [2.24, 2.45) is 5.92 Å². The molecule has 0 bridgehead atoms. The van der Waals surface area contributed by atoms with Crippen LogP contribution in [0.4, 0.5) is 8.78 Å². The van der Waals surface area contributed by atoms with Crippen LogP contribution < -0.4 is 0 Å². The molecule has 0 aliphatic carbocycles. The number of sulfonamides is 1. The Morgan fingerprint density at radius 2 is 1.87 bits per heavy atom. The average Bonchev–Trinajstić information content (AvgIpc) is 2.73. The molecular formula is C21H23ClF2N2O3S. The van der Waals surface area contributed by atoms with Crippen molar-refractivity contribution >= 4 is 27.5 Å². The summed E-state index contributed by atoms with van der Waals surface area (Å²) in [5, 5.41) is -0.253. The SMILES string of the molecule is CCN(Cc1cccc(F)c1)C(=O)C1CCN(S(=O)(=O)c2ccc(F)c(Cl)c2)CC1. The Balaban J connectivity index is 1.65. The van der Waals surface area contributed by atoms with Gasteiger partial charge < -0.3 is 4.90 Å². The lowest BCUT2D eigenvalue weighted by Gasteiger charge is -2.33. The fraction of sp³-hybridized carbons (Fsp3) is 0.381. The Morgan fingerprint density at radius 1 is 1.17 bits per heavy atom. The molecule has 5 nitrogen and oxygen atoms in total. The minimum atomic E-state index is -3.81. The summed E-state index contributed by atoms with van der Waals surface area (Å²) >= 11 is 5.72. The third-order valence-electron chi connectivity index (χ3n) is 5.29. The van der Waals surface area contributed by atoms with Crippen molar-refractivity contribution in [2.75, 3.05) is 19.6 Å². The van der Waals surface area contributed by atoms with Crippen molar-refractivity contribution in [3.05, 3.63) is 64.7 Å². The monoisotopic (exact) mass is 456 g/mol. The summed E-state index contributed by atoms with van der Waals surface area (Å²) in [6.45, 7) is 3.01. The van der Waals surface area contributed by atoms with E-state index < -0.39 is 15.8 Å². The molecule has 1 amide bonds. The normalized spacial score (nSPS) is 15.9. The molecule has 162 valence electrons. The van der Waals surface area contributed by atoms with Crippen molar-refractivity contribution < 1.29 is 22.0 Å². The second-order valence-corrected chi connectivity index (χ2v) is 9.58. The Bertz CT molecular complexity index is 1020. The second kappa shape index (κ2) is 9.41. The van der Waals surface area contributed by atoms with Crippen LogP contribution in [0.5, 0.6) is 0 Å². The molecule has 1 fully saturated rings. The fourth-order valence-corrected chi connectivity index (χ4v) is 5.33. The first kappa shape index (κ1) is 22.7. The molecule has 1 aliphatic heterocycles. The van der Waals surface area contributed by atoms with Crippen LogP contribution >= 0.6 is 11.6 Å². The Hall–Kier alpha value is -2.03. The van der Waals surface area contributed by atoms with Gasteiger partial charge in [-0.05, 0) is 55.7 Å². The molecule has 3 rings (SSSR count). The Kier molecular flexibility index (Phi) is 7.10. The predicted octanol–water partition coefficient (Wildman–Crippen LogP) is 4.07. The Morgan fingerprint density at radius 3 is 2.47 bits per heavy atom. The highest BCUT2D eigenvalue weighted by atomic mass is 35.5. The quantitative estimate of drug-likeness (QED) is 0.658. The van der Waals surface area contributed by atoms with Gasteiger partial charge in [-0.15, -0.1) is 0 Å². The number of halogens is 3. The third kappa shape index (κ3) is 4.99. The summed E-state index contributed by atoms with van der Waals surface area (Å²) in [5.74, 6) is -1.40. The molecule has 0 aromatic heterocycles. The molecular weight excluding hydrogens is 434 g/mol. The summed E-state index contributed by atoms with van der Waals surface area (Å²) in [6, 6.07) is 9.44. The van der Waals surface area contributed by atoms with Gasteiger partial charge >= 0.3 is 0 Å². The van der Waals surface area contributed by atoms with Crippen LogP contribution in [0.1, 0.15) is 25.3 Å². The zero-order valence-electron chi connectivity index (χ0n) is 16.5. The fourth-order valence-electron chi connectivity index (χ4n) is 3.59. The number of benzene rings is 2. The van der Waals surface area contributed by atoms with Crippen LogP contribution in [0, 0.1) is 17.6 Å². The van der Waals surface area contributed by atoms with Crippen molar-refractivity contribution in [1.82, 2.24) is 9.21 Å². The van der Waals surface area contributed by atoms with Gasteiger partial charge in [-0.2, -0.15) is 4.31 Å². The second-order valence-electron chi connectivity index (χ2n) is 7.24. The molecule has 0 radical (unpaired) electrons. The third-order valence-corrected chi connectivity index (χ3v) is 7.47. The lowest BCUT2D eigenvalue weighted by Crippen LogP contribution is -2.44. The molecule has 2 aromatic rings. The van der Waals surface area contributed by atoms with E-state index in [1.165, 1.54) is 22.5 Å². The van der Waals surface area contributed by atoms with E-state index in [1.54, 1.807) is 17.0 Å². The van der Waals surface area contributed by atoms with Crippen LogP contribution in [0.25, 0.3) is 0 Å². The Labute approximate surface area is 180 Å². The van der Waals surface area contributed by atoms with Gasteiger partial charge in [-0.3, -0.25) is 4.79 Å². The van der Waals surface area contributed by atoms with E-state index >= 15 is 0 Å². The molecule has 0 saturated carbocycles. The minimum Gasteiger partial charge on any atom is -0.338 e. The van der Waals surface area contributed by atoms with Crippen molar-refractivity contribution in [1.29, 1.82) is 0 Å². The number of carbonyl (C=O) groups excluding carboxylic acids is 1. The maximum Gasteiger partial charge on any atom is 0.243 e. The first-order chi connectivity index (χ1) is 14.2. The highest BCUT2D eigenvalue weighted by Crippen LogP contribution is 2.27. The van der Waals surface area contributed by atoms with Gasteiger partial charge in [0.05, 0.1) is 9.92 Å². The predicted molar refractivity (Wildman–Crippen MR) is 110 cm³/mol. The van der Waals surface area contributed by atoms with E-state index in [2.05, 4.69) is 0 Å². The number of amides is 1. The largest absolute Gasteiger partial charge is 0.338 e. The lowest BCUT2D eigenvalue weighted by atomic mass is 9.96. The van der Waals surface area contributed by atoms with E-state index in [-0.39, 0.29) is 40.6 Å². The molecule has 0 N–H and O–H groups in total. The van der Waals surface area contributed by atoms with Gasteiger partial charge in [-0.1, -0.05) is 23.7 Å². The standard InChI is InChI=1S/C21H23ClF2N2O3S/c1-2-25(14-15-4-3-5-17(23)12-15)21(27)16-8-10-26(11-9-16)30(28,29)18-6-7-20(24)19(22)13-18/h3-7,12-13,16H,2,8-11,14H2,1H3. The first-order valence-electron chi connectivity index (χ1n) is 9.70. The van der Waals surface area contributed by atoms with Crippen LogP contribution in [-0.4, -0.2) is 43.2 Å². The molecule has 2 aromatic carbocycles. The number of carbonyl (C=O) groups is 1.